The first kappa shape index (κ1) is 16.1. The van der Waals surface area contributed by atoms with Crippen LogP contribution >= 0.6 is 22.7 Å². The van der Waals surface area contributed by atoms with Crippen molar-refractivity contribution in [3.8, 4) is 0 Å². The molecule has 1 saturated heterocycles. The van der Waals surface area contributed by atoms with Gasteiger partial charge in [-0.1, -0.05) is 12.1 Å². The van der Waals surface area contributed by atoms with Crippen molar-refractivity contribution in [1.29, 1.82) is 0 Å². The van der Waals surface area contributed by atoms with Gasteiger partial charge >= 0.3 is 0 Å². The third-order valence-electron chi connectivity index (χ3n) is 5.07. The zero-order chi connectivity index (χ0) is 17.5. The summed E-state index contributed by atoms with van der Waals surface area (Å²) < 4.78 is 2.89. The van der Waals surface area contributed by atoms with E-state index in [0.717, 1.165) is 35.8 Å². The Morgan fingerprint density at radius 1 is 1.27 bits per heavy atom. The number of benzene rings is 1. The van der Waals surface area contributed by atoms with Gasteiger partial charge in [-0.05, 0) is 25.0 Å². The molecule has 0 amide bonds. The number of piperidine rings is 1. The van der Waals surface area contributed by atoms with E-state index in [2.05, 4.69) is 29.2 Å². The molecule has 0 radical (unpaired) electrons. The maximum atomic E-state index is 12.2. The van der Waals surface area contributed by atoms with Crippen LogP contribution in [0.4, 0.5) is 0 Å². The zero-order valence-electron chi connectivity index (χ0n) is 14.2. The van der Waals surface area contributed by atoms with E-state index in [-0.39, 0.29) is 5.56 Å². The van der Waals surface area contributed by atoms with Crippen LogP contribution in [0.2, 0.25) is 0 Å². The standard InChI is InChI=1S/C19H18N4OS2/c24-17-10-14(20-19-23(17)8-9-25-19)12-22-7-3-4-13(11-22)18-21-15-5-1-2-6-16(15)26-18/h1-2,5-6,8-10,13H,3-4,7,11-12H2/p+1/t13-/m0/s1. The fraction of sp³-hybridized carbons (Fsp3) is 0.316. The molecule has 26 heavy (non-hydrogen) atoms. The number of aromatic nitrogens is 3. The first-order chi connectivity index (χ1) is 12.8. The summed E-state index contributed by atoms with van der Waals surface area (Å²) in [5.41, 5.74) is 2.03. The first-order valence-corrected chi connectivity index (χ1v) is 10.6. The molecule has 0 bridgehead atoms. The molecule has 1 N–H and O–H groups in total. The minimum absolute atomic E-state index is 0.0189. The van der Waals surface area contributed by atoms with Crippen LogP contribution in [0.25, 0.3) is 15.2 Å². The van der Waals surface area contributed by atoms with E-state index >= 15 is 0 Å². The Balaban J connectivity index is 1.37. The second-order valence-electron chi connectivity index (χ2n) is 6.88. The lowest BCUT2D eigenvalue weighted by molar-refractivity contribution is -0.920. The number of para-hydroxylation sites is 1. The Kier molecular flexibility index (Phi) is 4.07. The molecule has 7 heteroatoms. The molecule has 5 rings (SSSR count). The fourth-order valence-corrected chi connectivity index (χ4v) is 5.66. The summed E-state index contributed by atoms with van der Waals surface area (Å²) in [6.45, 7) is 3.00. The minimum Gasteiger partial charge on any atom is -0.329 e. The van der Waals surface area contributed by atoms with Gasteiger partial charge in [-0.15, -0.1) is 22.7 Å². The van der Waals surface area contributed by atoms with E-state index in [9.17, 15) is 4.79 Å². The quantitative estimate of drug-likeness (QED) is 0.591. The molecule has 0 saturated carbocycles. The van der Waals surface area contributed by atoms with Crippen molar-refractivity contribution in [3.63, 3.8) is 0 Å². The zero-order valence-corrected chi connectivity index (χ0v) is 15.9. The number of fused-ring (bicyclic) bond motifs is 2. The van der Waals surface area contributed by atoms with E-state index in [4.69, 9.17) is 4.98 Å². The predicted molar refractivity (Wildman–Crippen MR) is 105 cm³/mol. The van der Waals surface area contributed by atoms with E-state index in [0.29, 0.717) is 5.92 Å². The summed E-state index contributed by atoms with van der Waals surface area (Å²) in [6, 6.07) is 10.1. The van der Waals surface area contributed by atoms with Gasteiger partial charge in [0.2, 0.25) is 0 Å². The third-order valence-corrected chi connectivity index (χ3v) is 7.02. The summed E-state index contributed by atoms with van der Waals surface area (Å²) >= 11 is 3.34. The van der Waals surface area contributed by atoms with Crippen LogP contribution in [0.15, 0.2) is 46.7 Å². The smallest absolute Gasteiger partial charge is 0.258 e. The molecule has 3 aromatic heterocycles. The Labute approximate surface area is 158 Å². The number of thiazole rings is 2. The maximum absolute atomic E-state index is 12.2. The van der Waals surface area contributed by atoms with E-state index in [1.54, 1.807) is 16.7 Å². The Hall–Kier alpha value is -2.09. The number of nitrogens with one attached hydrogen (secondary N) is 1. The molecule has 2 atom stereocenters. The molecular weight excluding hydrogens is 364 g/mol. The second-order valence-corrected chi connectivity index (χ2v) is 8.82. The number of likely N-dealkylation sites (tertiary alicyclic amines) is 1. The normalized spacial score (nSPS) is 20.8. The van der Waals surface area contributed by atoms with Gasteiger partial charge in [0.15, 0.2) is 4.96 Å². The van der Waals surface area contributed by atoms with Crippen molar-refractivity contribution in [2.45, 2.75) is 25.3 Å². The summed E-state index contributed by atoms with van der Waals surface area (Å²) in [5, 5.41) is 3.16. The Bertz CT molecular complexity index is 1100. The van der Waals surface area contributed by atoms with Crippen molar-refractivity contribution in [2.75, 3.05) is 13.1 Å². The minimum atomic E-state index is 0.0189. The number of quaternary nitrogens is 1. The van der Waals surface area contributed by atoms with Gasteiger partial charge in [0.05, 0.1) is 29.2 Å². The average molecular weight is 384 g/mol. The highest BCUT2D eigenvalue weighted by Gasteiger charge is 2.27. The number of rotatable bonds is 3. The fourth-order valence-electron chi connectivity index (χ4n) is 3.82. The van der Waals surface area contributed by atoms with Gasteiger partial charge < -0.3 is 4.90 Å². The second kappa shape index (κ2) is 6.57. The van der Waals surface area contributed by atoms with Crippen LogP contribution < -0.4 is 10.5 Å². The number of hydrogen-bond acceptors (Lipinski definition) is 5. The summed E-state index contributed by atoms with van der Waals surface area (Å²) in [7, 11) is 0. The van der Waals surface area contributed by atoms with E-state index < -0.39 is 0 Å². The highest BCUT2D eigenvalue weighted by molar-refractivity contribution is 7.18. The Morgan fingerprint density at radius 3 is 3.12 bits per heavy atom. The van der Waals surface area contributed by atoms with Crippen LogP contribution in [0.5, 0.6) is 0 Å². The van der Waals surface area contributed by atoms with Gasteiger partial charge in [-0.3, -0.25) is 9.20 Å². The predicted octanol–water partition coefficient (Wildman–Crippen LogP) is 2.33. The molecule has 1 unspecified atom stereocenters. The van der Waals surface area contributed by atoms with Crippen LogP contribution in [-0.2, 0) is 6.54 Å². The molecule has 0 aliphatic carbocycles. The van der Waals surface area contributed by atoms with Crippen LogP contribution in [-0.4, -0.2) is 27.5 Å². The molecule has 1 fully saturated rings. The average Bonchev–Trinajstić information content (AvgIpc) is 3.28. The van der Waals surface area contributed by atoms with Crippen molar-refractivity contribution < 1.29 is 4.90 Å². The highest BCUT2D eigenvalue weighted by atomic mass is 32.1. The monoisotopic (exact) mass is 383 g/mol. The van der Waals surface area contributed by atoms with Gasteiger partial charge in [0.25, 0.3) is 5.56 Å². The summed E-state index contributed by atoms with van der Waals surface area (Å²) in [6.07, 6.45) is 4.18. The lowest BCUT2D eigenvalue weighted by atomic mass is 9.98. The molecule has 132 valence electrons. The SMILES string of the molecule is O=c1cc(C[NH+]2CCC[C@H](c3nc4ccccc4s3)C2)nc2sccn12. The first-order valence-electron chi connectivity index (χ1n) is 8.91. The molecule has 1 aromatic carbocycles. The molecule has 1 aliphatic rings. The lowest BCUT2D eigenvalue weighted by Gasteiger charge is -2.28. The molecule has 0 spiro atoms. The molecule has 4 aromatic rings. The molecule has 5 nitrogen and oxygen atoms in total. The van der Waals surface area contributed by atoms with E-state index in [1.807, 2.05) is 16.7 Å². The van der Waals surface area contributed by atoms with Crippen LogP contribution in [0.1, 0.15) is 29.5 Å². The highest BCUT2D eigenvalue weighted by Crippen LogP contribution is 2.30. The number of hydrogen-bond donors (Lipinski definition) is 1. The van der Waals surface area contributed by atoms with Crippen molar-refractivity contribution in [1.82, 2.24) is 14.4 Å². The van der Waals surface area contributed by atoms with Gasteiger partial charge in [-0.25, -0.2) is 9.97 Å². The lowest BCUT2D eigenvalue weighted by Crippen LogP contribution is -3.12. The van der Waals surface area contributed by atoms with Crippen molar-refractivity contribution in [2.24, 2.45) is 0 Å². The third kappa shape index (κ3) is 2.96. The van der Waals surface area contributed by atoms with Crippen molar-refractivity contribution >= 4 is 37.9 Å². The van der Waals surface area contributed by atoms with Gasteiger partial charge in [0, 0.05) is 17.6 Å². The summed E-state index contributed by atoms with van der Waals surface area (Å²) in [4.78, 5) is 24.0. The molecule has 1 aliphatic heterocycles. The van der Waals surface area contributed by atoms with Crippen LogP contribution in [0.3, 0.4) is 0 Å². The Morgan fingerprint density at radius 2 is 2.19 bits per heavy atom. The molecular formula is C19H19N4OS2+. The van der Waals surface area contributed by atoms with Crippen molar-refractivity contribution in [3.05, 3.63) is 63.0 Å². The van der Waals surface area contributed by atoms with Crippen LogP contribution in [0, 0.1) is 0 Å². The van der Waals surface area contributed by atoms with Gasteiger partial charge in [0.1, 0.15) is 17.2 Å². The maximum Gasteiger partial charge on any atom is 0.258 e. The summed E-state index contributed by atoms with van der Waals surface area (Å²) in [5.74, 6) is 0.503. The van der Waals surface area contributed by atoms with Gasteiger partial charge in [-0.2, -0.15) is 0 Å². The topological polar surface area (TPSA) is 51.7 Å². The molecule has 4 heterocycles. The number of nitrogens with zero attached hydrogens (tertiary/aromatic N) is 3. The largest absolute Gasteiger partial charge is 0.329 e. The van der Waals surface area contributed by atoms with E-state index in [1.165, 1.54) is 38.8 Å².